The number of fused-ring (bicyclic) bond motifs is 1. The van der Waals surface area contributed by atoms with Gasteiger partial charge < -0.3 is 29.6 Å². The van der Waals surface area contributed by atoms with Crippen LogP contribution in [0.3, 0.4) is 0 Å². The Morgan fingerprint density at radius 1 is 1.05 bits per heavy atom. The second kappa shape index (κ2) is 9.96. The van der Waals surface area contributed by atoms with Crippen molar-refractivity contribution in [3.8, 4) is 0 Å². The number of nitrogen functional groups attached to an aromatic ring is 1. The molecular weight excluding hydrogens is 478 g/mol. The summed E-state index contributed by atoms with van der Waals surface area (Å²) in [6.45, 7) is 0.294. The molecule has 37 heavy (non-hydrogen) atoms. The van der Waals surface area contributed by atoms with Crippen LogP contribution in [0.15, 0.2) is 59.2 Å². The van der Waals surface area contributed by atoms with Gasteiger partial charge >= 0.3 is 11.9 Å². The fourth-order valence-electron chi connectivity index (χ4n) is 4.91. The molecule has 0 bridgehead atoms. The van der Waals surface area contributed by atoms with Gasteiger partial charge in [-0.3, -0.25) is 9.78 Å². The van der Waals surface area contributed by atoms with Gasteiger partial charge in [0.1, 0.15) is 0 Å². The molecule has 1 fully saturated rings. The SMILES string of the molecule is CN1C=CCC(C(=O)OC[C@H]2C[C@@H](n3cnc4c(=O)[nH]c(N)nc43)[C@@H]2COC(=O)C2=CN(C)C=CC2)=C1. The van der Waals surface area contributed by atoms with Crippen molar-refractivity contribution in [1.29, 1.82) is 0 Å². The van der Waals surface area contributed by atoms with Gasteiger partial charge in [0, 0.05) is 57.2 Å². The number of nitrogens with one attached hydrogen (secondary N) is 1. The van der Waals surface area contributed by atoms with E-state index in [0.717, 1.165) is 0 Å². The van der Waals surface area contributed by atoms with E-state index >= 15 is 0 Å². The zero-order valence-electron chi connectivity index (χ0n) is 20.7. The molecule has 0 amide bonds. The molecular formula is C25H29N7O5. The van der Waals surface area contributed by atoms with Crippen LogP contribution in [-0.4, -0.2) is 68.6 Å². The molecule has 4 heterocycles. The molecule has 0 radical (unpaired) electrons. The largest absolute Gasteiger partial charge is 0.462 e. The van der Waals surface area contributed by atoms with Gasteiger partial charge in [-0.1, -0.05) is 12.2 Å². The van der Waals surface area contributed by atoms with Crippen molar-refractivity contribution in [2.75, 3.05) is 33.0 Å². The van der Waals surface area contributed by atoms with Crippen molar-refractivity contribution < 1.29 is 19.1 Å². The van der Waals surface area contributed by atoms with Crippen molar-refractivity contribution in [1.82, 2.24) is 29.3 Å². The molecule has 3 N–H and O–H groups in total. The third kappa shape index (κ3) is 4.99. The molecule has 12 nitrogen and oxygen atoms in total. The number of hydrogen-bond acceptors (Lipinski definition) is 10. The van der Waals surface area contributed by atoms with Gasteiger partial charge in [-0.05, 0) is 18.8 Å². The summed E-state index contributed by atoms with van der Waals surface area (Å²) in [5.74, 6) is -1.01. The zero-order chi connectivity index (χ0) is 26.1. The third-order valence-corrected chi connectivity index (χ3v) is 6.89. The summed E-state index contributed by atoms with van der Waals surface area (Å²) < 4.78 is 13.1. The summed E-state index contributed by atoms with van der Waals surface area (Å²) in [6, 6.07) is -0.166. The highest BCUT2D eigenvalue weighted by atomic mass is 16.5. The summed E-state index contributed by atoms with van der Waals surface area (Å²) in [7, 11) is 3.69. The maximum atomic E-state index is 12.7. The number of hydrogen-bond donors (Lipinski definition) is 2. The van der Waals surface area contributed by atoms with Crippen LogP contribution in [0, 0.1) is 11.8 Å². The molecule has 2 aliphatic heterocycles. The van der Waals surface area contributed by atoms with Gasteiger partial charge in [0.25, 0.3) is 5.56 Å². The fourth-order valence-corrected chi connectivity index (χ4v) is 4.91. The van der Waals surface area contributed by atoms with Gasteiger partial charge in [-0.25, -0.2) is 14.6 Å². The standard InChI is InChI=1S/C25H29N7O5/c1-30-7-3-5-15(10-30)23(34)36-12-17-9-19(32-14-27-20-21(32)28-25(26)29-22(20)33)18(17)13-37-24(35)16-6-4-8-31(2)11-16/h3-4,7-8,10-11,14,17-19H,5-6,9,12-13H2,1-2H3,(H3,26,28,29,33)/t17-,18-,19-/m1/s1. The lowest BCUT2D eigenvalue weighted by atomic mass is 9.69. The minimum Gasteiger partial charge on any atom is -0.462 e. The number of aromatic nitrogens is 4. The third-order valence-electron chi connectivity index (χ3n) is 6.89. The van der Waals surface area contributed by atoms with E-state index in [4.69, 9.17) is 15.2 Å². The lowest BCUT2D eigenvalue weighted by Gasteiger charge is -2.44. The zero-order valence-corrected chi connectivity index (χ0v) is 20.7. The Kier molecular flexibility index (Phi) is 6.55. The molecule has 0 unspecified atom stereocenters. The normalized spacial score (nSPS) is 22.9. The topological polar surface area (TPSA) is 149 Å². The minimum absolute atomic E-state index is 0.00628. The average molecular weight is 508 g/mol. The van der Waals surface area contributed by atoms with E-state index in [1.54, 1.807) is 33.1 Å². The predicted octanol–water partition coefficient (Wildman–Crippen LogP) is 1.43. The Morgan fingerprint density at radius 3 is 2.30 bits per heavy atom. The smallest absolute Gasteiger partial charge is 0.335 e. The first-order valence-corrected chi connectivity index (χ1v) is 12.1. The van der Waals surface area contributed by atoms with E-state index in [0.29, 0.717) is 36.1 Å². The molecule has 3 atom stereocenters. The van der Waals surface area contributed by atoms with Crippen LogP contribution in [0.2, 0.25) is 0 Å². The number of aromatic amines is 1. The van der Waals surface area contributed by atoms with Gasteiger partial charge in [-0.2, -0.15) is 4.98 Å². The summed E-state index contributed by atoms with van der Waals surface area (Å²) in [5.41, 5.74) is 7.02. The molecule has 0 spiro atoms. The Hall–Kier alpha value is -4.35. The van der Waals surface area contributed by atoms with Crippen LogP contribution < -0.4 is 11.3 Å². The van der Waals surface area contributed by atoms with Crippen molar-refractivity contribution in [3.05, 3.63) is 64.8 Å². The van der Waals surface area contributed by atoms with E-state index < -0.39 is 11.5 Å². The lowest BCUT2D eigenvalue weighted by Crippen LogP contribution is -2.44. The first-order chi connectivity index (χ1) is 17.8. The Balaban J connectivity index is 1.32. The number of nitrogens with two attached hydrogens (primary N) is 1. The van der Waals surface area contributed by atoms with Crippen molar-refractivity contribution >= 4 is 29.1 Å². The van der Waals surface area contributed by atoms with Gasteiger partial charge in [0.05, 0.1) is 30.7 Å². The Labute approximate surface area is 212 Å². The molecule has 3 aliphatic rings. The number of ether oxygens (including phenoxy) is 2. The molecule has 0 aromatic carbocycles. The van der Waals surface area contributed by atoms with Crippen LogP contribution in [0.5, 0.6) is 0 Å². The number of carbonyl (C=O) groups excluding carboxylic acids is 2. The predicted molar refractivity (Wildman–Crippen MR) is 134 cm³/mol. The molecule has 5 rings (SSSR count). The van der Waals surface area contributed by atoms with Crippen LogP contribution >= 0.6 is 0 Å². The maximum Gasteiger partial charge on any atom is 0.335 e. The molecule has 2 aromatic rings. The van der Waals surface area contributed by atoms with Gasteiger partial charge in [0.15, 0.2) is 11.2 Å². The van der Waals surface area contributed by atoms with Crippen LogP contribution in [0.4, 0.5) is 5.95 Å². The summed E-state index contributed by atoms with van der Waals surface area (Å²) in [4.78, 5) is 52.1. The minimum atomic E-state index is -0.421. The number of nitrogens with zero attached hydrogens (tertiary/aromatic N) is 5. The Bertz CT molecular complexity index is 1400. The number of H-pyrrole nitrogens is 1. The number of esters is 2. The van der Waals surface area contributed by atoms with E-state index in [2.05, 4.69) is 15.0 Å². The van der Waals surface area contributed by atoms with E-state index in [-0.39, 0.29) is 48.5 Å². The highest BCUT2D eigenvalue weighted by Crippen LogP contribution is 2.45. The van der Waals surface area contributed by atoms with E-state index in [1.807, 2.05) is 38.6 Å². The fraction of sp³-hybridized carbons (Fsp3) is 0.400. The molecule has 1 saturated carbocycles. The van der Waals surface area contributed by atoms with Crippen LogP contribution in [-0.2, 0) is 19.1 Å². The highest BCUT2D eigenvalue weighted by Gasteiger charge is 2.44. The van der Waals surface area contributed by atoms with Crippen LogP contribution in [0.1, 0.15) is 25.3 Å². The Morgan fingerprint density at radius 2 is 1.68 bits per heavy atom. The van der Waals surface area contributed by atoms with E-state index in [1.165, 1.54) is 0 Å². The number of allylic oxidation sites excluding steroid dienone is 2. The first kappa shape index (κ1) is 24.3. The summed E-state index contributed by atoms with van der Waals surface area (Å²) in [6.07, 6.45) is 14.2. The molecule has 0 saturated heterocycles. The molecule has 1 aliphatic carbocycles. The molecule has 194 valence electrons. The molecule has 12 heteroatoms. The molecule has 2 aromatic heterocycles. The van der Waals surface area contributed by atoms with E-state index in [9.17, 15) is 14.4 Å². The van der Waals surface area contributed by atoms with Gasteiger partial charge in [-0.15, -0.1) is 0 Å². The van der Waals surface area contributed by atoms with Gasteiger partial charge in [0.2, 0.25) is 5.95 Å². The second-order valence-corrected chi connectivity index (χ2v) is 9.52. The van der Waals surface area contributed by atoms with Crippen molar-refractivity contribution in [2.45, 2.75) is 25.3 Å². The lowest BCUT2D eigenvalue weighted by molar-refractivity contribution is -0.150. The van der Waals surface area contributed by atoms with Crippen molar-refractivity contribution in [2.24, 2.45) is 11.8 Å². The number of rotatable bonds is 7. The summed E-state index contributed by atoms with van der Waals surface area (Å²) >= 11 is 0. The number of anilines is 1. The number of carbonyl (C=O) groups is 2. The van der Waals surface area contributed by atoms with Crippen LogP contribution in [0.25, 0.3) is 11.2 Å². The highest BCUT2D eigenvalue weighted by molar-refractivity contribution is 5.89. The maximum absolute atomic E-state index is 12.7. The monoisotopic (exact) mass is 507 g/mol. The summed E-state index contributed by atoms with van der Waals surface area (Å²) in [5, 5.41) is 0. The average Bonchev–Trinajstić information content (AvgIpc) is 3.26. The number of imidazole rings is 1. The second-order valence-electron chi connectivity index (χ2n) is 9.52. The van der Waals surface area contributed by atoms with Crippen molar-refractivity contribution in [3.63, 3.8) is 0 Å². The first-order valence-electron chi connectivity index (χ1n) is 12.1. The quantitative estimate of drug-likeness (QED) is 0.527.